The smallest absolute Gasteiger partial charge is 0.246 e. The summed E-state index contributed by atoms with van der Waals surface area (Å²) in [5, 5.41) is 10.5. The molecule has 284 valence electrons. The van der Waals surface area contributed by atoms with Gasteiger partial charge in [-0.3, -0.25) is 4.79 Å². The van der Waals surface area contributed by atoms with Crippen LogP contribution in [0.4, 0.5) is 34.9 Å². The van der Waals surface area contributed by atoms with Gasteiger partial charge in [-0.25, -0.2) is 29.9 Å². The van der Waals surface area contributed by atoms with Crippen molar-refractivity contribution in [3.8, 4) is 0 Å². The second-order valence-corrected chi connectivity index (χ2v) is 13.3. The molecule has 0 unspecified atom stereocenters. The van der Waals surface area contributed by atoms with Crippen molar-refractivity contribution in [2.75, 3.05) is 23.0 Å². The van der Waals surface area contributed by atoms with Gasteiger partial charge in [-0.1, -0.05) is 42.5 Å². The first-order valence-electron chi connectivity index (χ1n) is 17.9. The van der Waals surface area contributed by atoms with Crippen molar-refractivity contribution in [3.05, 3.63) is 186 Å². The Kier molecular flexibility index (Phi) is 14.1. The lowest BCUT2D eigenvalue weighted by molar-refractivity contribution is -0.125. The number of para-hydroxylation sites is 1. The highest BCUT2D eigenvalue weighted by molar-refractivity contribution is 9.10. The minimum Gasteiger partial charge on any atom is -0.346 e. The Morgan fingerprint density at radius 3 is 1.53 bits per heavy atom. The Labute approximate surface area is 339 Å². The maximum Gasteiger partial charge on any atom is 0.246 e. The average Bonchev–Trinajstić information content (AvgIpc) is 3.57. The Hall–Kier alpha value is -7.25. The van der Waals surface area contributed by atoms with Crippen LogP contribution in [0.25, 0.3) is 17.0 Å². The molecule has 0 saturated heterocycles. The number of fused-ring (bicyclic) bond motifs is 1. The Bertz CT molecular complexity index is 2410. The van der Waals surface area contributed by atoms with E-state index in [1.807, 2.05) is 123 Å². The van der Waals surface area contributed by atoms with E-state index in [0.717, 1.165) is 50.3 Å². The third-order valence-electron chi connectivity index (χ3n) is 8.19. The zero-order valence-electron chi connectivity index (χ0n) is 31.3. The highest BCUT2D eigenvalue weighted by atomic mass is 79.9. The van der Waals surface area contributed by atoms with Crippen LogP contribution in [0.3, 0.4) is 0 Å². The van der Waals surface area contributed by atoms with Gasteiger partial charge in [0.25, 0.3) is 0 Å². The lowest BCUT2D eigenvalue weighted by Gasteiger charge is -2.15. The van der Waals surface area contributed by atoms with Crippen LogP contribution in [0.1, 0.15) is 11.3 Å². The number of aryl methyl sites for hydroxylation is 1. The molecule has 1 amide bonds. The molecule has 8 aromatic rings. The summed E-state index contributed by atoms with van der Waals surface area (Å²) in [5.74, 6) is 4.57. The number of rotatable bonds is 10. The highest BCUT2D eigenvalue weighted by Crippen LogP contribution is 2.20. The second kappa shape index (κ2) is 20.4. The van der Waals surface area contributed by atoms with E-state index in [1.165, 1.54) is 5.39 Å². The first-order valence-corrected chi connectivity index (χ1v) is 18.7. The van der Waals surface area contributed by atoms with E-state index in [1.54, 1.807) is 54.2 Å². The number of benzene rings is 1. The third kappa shape index (κ3) is 12.4. The van der Waals surface area contributed by atoms with Crippen LogP contribution in [-0.4, -0.2) is 52.3 Å². The van der Waals surface area contributed by atoms with Gasteiger partial charge in [-0.15, -0.1) is 0 Å². The van der Waals surface area contributed by atoms with Gasteiger partial charge in [-0.2, -0.15) is 0 Å². The number of pyridine rings is 6. The fraction of sp³-hybridized carbons (Fsp3) is 0.0682. The number of hydrogen-bond acceptors (Lipinski definition) is 10. The Morgan fingerprint density at radius 2 is 1.09 bits per heavy atom. The van der Waals surface area contributed by atoms with Crippen LogP contribution in [0.5, 0.6) is 0 Å². The SMILES string of the molecule is Brc1ccc(Nc2ccccn2)nc1.CN(Cc1cc2ccccc2n1C)C(=O)/C=C/c1ccc(Nc2ccccn2)nc1.c1ccc(Nc2ccccn2)nc1. The van der Waals surface area contributed by atoms with E-state index >= 15 is 0 Å². The summed E-state index contributed by atoms with van der Waals surface area (Å²) >= 11 is 3.32. The lowest BCUT2D eigenvalue weighted by Crippen LogP contribution is -2.25. The van der Waals surface area contributed by atoms with Gasteiger partial charge < -0.3 is 25.4 Å². The van der Waals surface area contributed by atoms with Crippen molar-refractivity contribution in [3.63, 3.8) is 0 Å². The number of nitrogens with zero attached hydrogens (tertiary/aromatic N) is 8. The first-order chi connectivity index (χ1) is 27.9. The Balaban J connectivity index is 0.000000167. The van der Waals surface area contributed by atoms with Crippen LogP contribution in [0.15, 0.2) is 175 Å². The van der Waals surface area contributed by atoms with Crippen molar-refractivity contribution in [1.29, 1.82) is 0 Å². The number of halogens is 1. The van der Waals surface area contributed by atoms with Crippen LogP contribution < -0.4 is 16.0 Å². The first kappa shape index (κ1) is 39.4. The molecule has 3 N–H and O–H groups in total. The van der Waals surface area contributed by atoms with Gasteiger partial charge in [0.05, 0.1) is 6.54 Å². The molecule has 0 fully saturated rings. The lowest BCUT2D eigenvalue weighted by atomic mass is 10.2. The summed E-state index contributed by atoms with van der Waals surface area (Å²) in [4.78, 5) is 39.4. The maximum atomic E-state index is 12.5. The number of amides is 1. The van der Waals surface area contributed by atoms with Crippen molar-refractivity contribution in [2.45, 2.75) is 6.54 Å². The quantitative estimate of drug-likeness (QED) is 0.114. The standard InChI is InChI=1S/C24H23N5O.C10H8BrN3.C10H9N3/c1-28(17-20-15-19-7-3-4-8-21(19)29(20)2)24(30)13-11-18-10-12-23(26-16-18)27-22-9-5-6-14-25-22;11-8-4-5-10(13-7-8)14-9-3-1-2-6-12-9;1-3-7-11-9(5-1)13-10-6-2-4-8-12-10/h3-16H,17H2,1-2H3,(H,25,26,27);1-7H,(H,12,13,14);1-8H,(H,11,12,13)/b13-11+;;. The van der Waals surface area contributed by atoms with Crippen molar-refractivity contribution in [2.24, 2.45) is 7.05 Å². The van der Waals surface area contributed by atoms with Gasteiger partial charge in [0.15, 0.2) is 0 Å². The number of nitrogens with one attached hydrogen (secondary N) is 3. The molecule has 57 heavy (non-hydrogen) atoms. The topological polar surface area (TPSA) is 139 Å². The highest BCUT2D eigenvalue weighted by Gasteiger charge is 2.11. The molecule has 7 aromatic heterocycles. The summed E-state index contributed by atoms with van der Waals surface area (Å²) in [5.41, 5.74) is 3.11. The molecule has 0 bridgehead atoms. The largest absolute Gasteiger partial charge is 0.346 e. The van der Waals surface area contributed by atoms with E-state index in [4.69, 9.17) is 0 Å². The zero-order chi connectivity index (χ0) is 39.7. The van der Waals surface area contributed by atoms with Crippen LogP contribution in [-0.2, 0) is 18.4 Å². The van der Waals surface area contributed by atoms with Crippen molar-refractivity contribution in [1.82, 2.24) is 39.4 Å². The molecule has 0 spiro atoms. The van der Waals surface area contributed by atoms with Crippen molar-refractivity contribution >= 4 is 73.7 Å². The van der Waals surface area contributed by atoms with Crippen LogP contribution >= 0.6 is 15.9 Å². The molecule has 0 saturated carbocycles. The van der Waals surface area contributed by atoms with Crippen molar-refractivity contribution < 1.29 is 4.79 Å². The number of hydrogen-bond donors (Lipinski definition) is 3. The minimum atomic E-state index is -0.0593. The predicted octanol–water partition coefficient (Wildman–Crippen LogP) is 9.59. The molecule has 0 aliphatic carbocycles. The molecule has 1 aromatic carbocycles. The molecule has 8 rings (SSSR count). The zero-order valence-corrected chi connectivity index (χ0v) is 32.9. The summed E-state index contributed by atoms with van der Waals surface area (Å²) < 4.78 is 3.09. The molecule has 0 atom stereocenters. The van der Waals surface area contributed by atoms with E-state index in [0.29, 0.717) is 12.4 Å². The fourth-order valence-electron chi connectivity index (χ4n) is 5.28. The van der Waals surface area contributed by atoms with Gasteiger partial charge >= 0.3 is 0 Å². The van der Waals surface area contributed by atoms with Gasteiger partial charge in [0, 0.05) is 73.0 Å². The fourth-order valence-corrected chi connectivity index (χ4v) is 5.52. The minimum absolute atomic E-state index is 0.0593. The molecular weight excluding hydrogens is 778 g/mol. The number of anilines is 6. The Morgan fingerprint density at radius 1 is 0.614 bits per heavy atom. The van der Waals surface area contributed by atoms with Gasteiger partial charge in [0.2, 0.25) is 5.91 Å². The molecule has 7 heterocycles. The average molecular weight is 819 g/mol. The molecule has 13 heteroatoms. The molecule has 12 nitrogen and oxygen atoms in total. The normalized spacial score (nSPS) is 10.4. The predicted molar refractivity (Wildman–Crippen MR) is 231 cm³/mol. The number of carbonyl (C=O) groups excluding carboxylic acids is 1. The molecule has 0 aliphatic heterocycles. The summed E-state index contributed by atoms with van der Waals surface area (Å²) in [7, 11) is 3.83. The van der Waals surface area contributed by atoms with E-state index in [2.05, 4.69) is 84.6 Å². The molecular formula is C44H40BrN11O. The van der Waals surface area contributed by atoms with E-state index < -0.39 is 0 Å². The second-order valence-electron chi connectivity index (χ2n) is 12.4. The summed E-state index contributed by atoms with van der Waals surface area (Å²) in [6.45, 7) is 0.541. The molecule has 0 radical (unpaired) electrons. The third-order valence-corrected chi connectivity index (χ3v) is 8.66. The summed E-state index contributed by atoms with van der Waals surface area (Å²) in [6, 6.07) is 40.7. The van der Waals surface area contributed by atoms with E-state index in [9.17, 15) is 4.79 Å². The van der Waals surface area contributed by atoms with Gasteiger partial charge in [-0.05, 0) is 118 Å². The number of aromatic nitrogens is 7. The maximum absolute atomic E-state index is 12.5. The summed E-state index contributed by atoms with van der Waals surface area (Å²) in [6.07, 6.45) is 13.8. The van der Waals surface area contributed by atoms with Crippen LogP contribution in [0, 0.1) is 0 Å². The number of likely N-dealkylation sites (N-methyl/N-ethyl adjacent to an activating group) is 1. The monoisotopic (exact) mass is 817 g/mol. The van der Waals surface area contributed by atoms with E-state index in [-0.39, 0.29) is 5.91 Å². The number of carbonyl (C=O) groups is 1. The van der Waals surface area contributed by atoms with Gasteiger partial charge in [0.1, 0.15) is 34.9 Å². The van der Waals surface area contributed by atoms with Crippen LogP contribution in [0.2, 0.25) is 0 Å². The molecule has 0 aliphatic rings.